The number of imide groups is 1. The number of allylic oxidation sites excluding steroid dienone is 2. The molecule has 0 spiro atoms. The van der Waals surface area contributed by atoms with Gasteiger partial charge in [-0.15, -0.1) is 0 Å². The summed E-state index contributed by atoms with van der Waals surface area (Å²) < 4.78 is 0. The third kappa shape index (κ3) is 1.13. The molecule has 6 atom stereocenters. The van der Waals surface area contributed by atoms with E-state index in [4.69, 9.17) is 0 Å². The molecule has 1 aromatic carbocycles. The third-order valence-electron chi connectivity index (χ3n) is 5.68. The van der Waals surface area contributed by atoms with Gasteiger partial charge in [-0.05, 0) is 42.2 Å². The summed E-state index contributed by atoms with van der Waals surface area (Å²) in [7, 11) is 0. The molecule has 2 amide bonds. The van der Waals surface area contributed by atoms with E-state index in [1.807, 2.05) is 30.3 Å². The molecule has 5 aliphatic rings. The van der Waals surface area contributed by atoms with Crippen LogP contribution < -0.4 is 4.90 Å². The predicted octanol–water partition coefficient (Wildman–Crippen LogP) is 2.24. The molecule has 4 aliphatic carbocycles. The van der Waals surface area contributed by atoms with Gasteiger partial charge >= 0.3 is 0 Å². The largest absolute Gasteiger partial charge is 0.274 e. The Morgan fingerprint density at radius 2 is 1.40 bits per heavy atom. The zero-order valence-corrected chi connectivity index (χ0v) is 11.0. The van der Waals surface area contributed by atoms with Crippen molar-refractivity contribution in [1.29, 1.82) is 0 Å². The van der Waals surface area contributed by atoms with Crippen LogP contribution in [0.15, 0.2) is 42.5 Å². The van der Waals surface area contributed by atoms with E-state index in [1.54, 1.807) is 0 Å². The number of nitrogens with zero attached hydrogens (tertiary/aromatic N) is 1. The molecule has 1 aromatic rings. The van der Waals surface area contributed by atoms with Crippen molar-refractivity contribution in [3.05, 3.63) is 42.5 Å². The Bertz CT molecular complexity index is 614. The number of carbonyl (C=O) groups is 2. The molecule has 20 heavy (non-hydrogen) atoms. The monoisotopic (exact) mass is 265 g/mol. The molecule has 1 heterocycles. The molecule has 2 saturated carbocycles. The topological polar surface area (TPSA) is 37.4 Å². The van der Waals surface area contributed by atoms with Crippen molar-refractivity contribution in [2.45, 2.75) is 6.42 Å². The van der Waals surface area contributed by atoms with Gasteiger partial charge in [-0.2, -0.15) is 0 Å². The Kier molecular flexibility index (Phi) is 1.84. The van der Waals surface area contributed by atoms with Gasteiger partial charge in [-0.3, -0.25) is 14.5 Å². The maximum Gasteiger partial charge on any atom is 0.238 e. The summed E-state index contributed by atoms with van der Waals surface area (Å²) in [6.45, 7) is 0. The van der Waals surface area contributed by atoms with E-state index in [2.05, 4.69) is 12.2 Å². The van der Waals surface area contributed by atoms with Crippen LogP contribution in [-0.4, -0.2) is 11.8 Å². The molecule has 0 radical (unpaired) electrons. The van der Waals surface area contributed by atoms with Crippen LogP contribution in [0.25, 0.3) is 0 Å². The first kappa shape index (κ1) is 10.8. The highest BCUT2D eigenvalue weighted by atomic mass is 16.2. The number of amides is 2. The van der Waals surface area contributed by atoms with Crippen molar-refractivity contribution in [2.75, 3.05) is 4.90 Å². The van der Waals surface area contributed by atoms with E-state index in [-0.39, 0.29) is 23.7 Å². The Hall–Kier alpha value is -1.90. The van der Waals surface area contributed by atoms with Crippen LogP contribution in [0.4, 0.5) is 5.69 Å². The predicted molar refractivity (Wildman–Crippen MR) is 73.6 cm³/mol. The Labute approximate surface area is 117 Å². The number of benzene rings is 1. The maximum atomic E-state index is 12.8. The Morgan fingerprint density at radius 3 is 1.95 bits per heavy atom. The van der Waals surface area contributed by atoms with Crippen molar-refractivity contribution < 1.29 is 9.59 Å². The number of anilines is 1. The fourth-order valence-corrected chi connectivity index (χ4v) is 4.79. The first-order chi connectivity index (χ1) is 9.77. The van der Waals surface area contributed by atoms with Crippen LogP contribution in [0.5, 0.6) is 0 Å². The zero-order chi connectivity index (χ0) is 13.4. The van der Waals surface area contributed by atoms with Gasteiger partial charge in [-0.1, -0.05) is 30.4 Å². The molecule has 0 N–H and O–H groups in total. The average Bonchev–Trinajstić information content (AvgIpc) is 3.25. The van der Waals surface area contributed by atoms with Crippen molar-refractivity contribution in [3.8, 4) is 0 Å². The molecule has 1 saturated heterocycles. The summed E-state index contributed by atoms with van der Waals surface area (Å²) in [6, 6.07) is 9.36. The van der Waals surface area contributed by atoms with Crippen molar-refractivity contribution in [1.82, 2.24) is 0 Å². The standard InChI is InChI=1S/C17H15NO2/c19-16-14-10-6-7-11(13-8-12(10)13)15(14)17(20)18(16)9-4-2-1-3-5-9/h1-7,10-15H,8H2/t10-,11-,12-,13+,14-,15+/m0/s1. The van der Waals surface area contributed by atoms with E-state index in [0.29, 0.717) is 23.7 Å². The first-order valence-electron chi connectivity index (χ1n) is 7.38. The SMILES string of the molecule is O=C1[C@@H]2[C@H]3C=C[C@@H]([C@@H]4C[C@H]34)[C@@H]2C(=O)N1c1ccccc1. The van der Waals surface area contributed by atoms with Crippen LogP contribution in [-0.2, 0) is 9.59 Å². The highest BCUT2D eigenvalue weighted by Gasteiger charge is 2.67. The minimum Gasteiger partial charge on any atom is -0.274 e. The maximum absolute atomic E-state index is 12.8. The summed E-state index contributed by atoms with van der Waals surface area (Å²) >= 11 is 0. The van der Waals surface area contributed by atoms with Gasteiger partial charge in [0.05, 0.1) is 17.5 Å². The summed E-state index contributed by atoms with van der Waals surface area (Å²) in [5, 5.41) is 0. The van der Waals surface area contributed by atoms with Crippen molar-refractivity contribution in [2.24, 2.45) is 35.5 Å². The molecule has 3 nitrogen and oxygen atoms in total. The number of rotatable bonds is 1. The number of hydrogen-bond donors (Lipinski definition) is 0. The van der Waals surface area contributed by atoms with Gasteiger partial charge in [0.25, 0.3) is 0 Å². The van der Waals surface area contributed by atoms with Crippen molar-refractivity contribution >= 4 is 17.5 Å². The van der Waals surface area contributed by atoms with Gasteiger partial charge in [0.15, 0.2) is 0 Å². The molecule has 100 valence electrons. The highest BCUT2D eigenvalue weighted by molar-refractivity contribution is 6.22. The van der Waals surface area contributed by atoms with Crippen molar-refractivity contribution in [3.63, 3.8) is 0 Å². The lowest BCUT2D eigenvalue weighted by Crippen LogP contribution is -2.40. The second-order valence-electron chi connectivity index (χ2n) is 6.50. The van der Waals surface area contributed by atoms with Crippen LogP contribution in [0.2, 0.25) is 0 Å². The second kappa shape index (κ2) is 3.40. The minimum absolute atomic E-state index is 0.0240. The van der Waals surface area contributed by atoms with E-state index < -0.39 is 0 Å². The van der Waals surface area contributed by atoms with E-state index in [9.17, 15) is 9.59 Å². The van der Waals surface area contributed by atoms with E-state index in [0.717, 1.165) is 5.69 Å². The Balaban J connectivity index is 1.61. The number of carbonyl (C=O) groups excluding carboxylic acids is 2. The fourth-order valence-electron chi connectivity index (χ4n) is 4.79. The molecule has 0 unspecified atom stereocenters. The lowest BCUT2D eigenvalue weighted by atomic mass is 9.63. The lowest BCUT2D eigenvalue weighted by Gasteiger charge is -2.37. The summed E-state index contributed by atoms with van der Waals surface area (Å²) in [4.78, 5) is 27.0. The van der Waals surface area contributed by atoms with E-state index in [1.165, 1.54) is 11.3 Å². The smallest absolute Gasteiger partial charge is 0.238 e. The van der Waals surface area contributed by atoms with Crippen LogP contribution >= 0.6 is 0 Å². The molecule has 0 aromatic heterocycles. The minimum atomic E-state index is -0.0959. The van der Waals surface area contributed by atoms with E-state index >= 15 is 0 Å². The fraction of sp³-hybridized carbons (Fsp3) is 0.412. The highest BCUT2D eigenvalue weighted by Crippen LogP contribution is 2.65. The number of hydrogen-bond acceptors (Lipinski definition) is 2. The third-order valence-corrected chi connectivity index (χ3v) is 5.68. The quantitative estimate of drug-likeness (QED) is 0.577. The molecule has 2 bridgehead atoms. The van der Waals surface area contributed by atoms with Gasteiger partial charge < -0.3 is 0 Å². The van der Waals surface area contributed by atoms with Crippen LogP contribution in [0.1, 0.15) is 6.42 Å². The van der Waals surface area contributed by atoms with Crippen LogP contribution in [0, 0.1) is 35.5 Å². The van der Waals surface area contributed by atoms with Gasteiger partial charge in [0, 0.05) is 0 Å². The zero-order valence-electron chi connectivity index (χ0n) is 11.0. The summed E-state index contributed by atoms with van der Waals surface area (Å²) in [5.41, 5.74) is 0.727. The molecular formula is C17H15NO2. The first-order valence-corrected chi connectivity index (χ1v) is 7.38. The summed E-state index contributed by atoms with van der Waals surface area (Å²) in [6.07, 6.45) is 5.63. The van der Waals surface area contributed by atoms with Gasteiger partial charge in [0.2, 0.25) is 11.8 Å². The summed E-state index contributed by atoms with van der Waals surface area (Å²) in [5.74, 6) is 1.80. The number of para-hydroxylation sites is 1. The molecular weight excluding hydrogens is 250 g/mol. The molecule has 6 rings (SSSR count). The molecule has 3 fully saturated rings. The van der Waals surface area contributed by atoms with Crippen LogP contribution in [0.3, 0.4) is 0 Å². The normalized spacial score (nSPS) is 43.7. The van der Waals surface area contributed by atoms with Gasteiger partial charge in [-0.25, -0.2) is 0 Å². The second-order valence-corrected chi connectivity index (χ2v) is 6.50. The molecule has 3 heteroatoms. The molecule has 1 aliphatic heterocycles. The van der Waals surface area contributed by atoms with Gasteiger partial charge in [0.1, 0.15) is 0 Å². The Morgan fingerprint density at radius 1 is 0.850 bits per heavy atom. The average molecular weight is 265 g/mol. The lowest BCUT2D eigenvalue weighted by molar-refractivity contribution is -0.124.